The normalized spacial score (nSPS) is 29.7. The van der Waals surface area contributed by atoms with Gasteiger partial charge in [-0.05, 0) is 35.9 Å². The summed E-state index contributed by atoms with van der Waals surface area (Å²) in [4.78, 5) is 0. The van der Waals surface area contributed by atoms with Crippen molar-refractivity contribution in [1.29, 1.82) is 0 Å². The molecule has 1 rings (SSSR count). The number of nitrogens with two attached hydrogens (primary N) is 1. The van der Waals surface area contributed by atoms with E-state index in [1.54, 1.807) is 11.8 Å². The molecule has 60 valence electrons. The molecule has 0 saturated heterocycles. The van der Waals surface area contributed by atoms with Gasteiger partial charge in [-0.25, -0.2) is 0 Å². The first-order chi connectivity index (χ1) is 5.06. The minimum Gasteiger partial charge on any atom is -0.322 e. The minimum absolute atomic E-state index is 0.138. The quantitative estimate of drug-likeness (QED) is 0.632. The van der Waals surface area contributed by atoms with Gasteiger partial charge in [-0.1, -0.05) is 6.92 Å². The Balaban J connectivity index is 2.62. The van der Waals surface area contributed by atoms with Crippen molar-refractivity contribution in [3.63, 3.8) is 0 Å². The summed E-state index contributed by atoms with van der Waals surface area (Å²) >= 11 is 1.68. The lowest BCUT2D eigenvalue weighted by molar-refractivity contribution is 0.518. The van der Waals surface area contributed by atoms with E-state index < -0.39 is 0 Å². The highest BCUT2D eigenvalue weighted by molar-refractivity contribution is 8.04. The SMILES string of the molecule is [B]C1CC(C(C)(N)CC)=CS1. The molecule has 0 fully saturated rings. The van der Waals surface area contributed by atoms with Crippen molar-refractivity contribution in [2.45, 2.75) is 37.4 Å². The second-order valence-electron chi connectivity index (χ2n) is 3.29. The molecule has 0 aromatic rings. The molecule has 0 bridgehead atoms. The summed E-state index contributed by atoms with van der Waals surface area (Å²) in [7, 11) is 5.73. The Morgan fingerprint density at radius 2 is 2.55 bits per heavy atom. The van der Waals surface area contributed by atoms with Gasteiger partial charge in [0.2, 0.25) is 0 Å². The van der Waals surface area contributed by atoms with Crippen molar-refractivity contribution < 1.29 is 0 Å². The zero-order chi connectivity index (χ0) is 8.48. The predicted octanol–water partition coefficient (Wildman–Crippen LogP) is 1.63. The van der Waals surface area contributed by atoms with Crippen LogP contribution in [0.2, 0.25) is 0 Å². The molecule has 2 N–H and O–H groups in total. The van der Waals surface area contributed by atoms with Crippen LogP contribution in [0.3, 0.4) is 0 Å². The fourth-order valence-corrected chi connectivity index (χ4v) is 2.06. The average molecular weight is 167 g/mol. The summed E-state index contributed by atoms with van der Waals surface area (Å²) in [6.45, 7) is 4.17. The highest BCUT2D eigenvalue weighted by Crippen LogP contribution is 2.34. The molecule has 11 heavy (non-hydrogen) atoms. The van der Waals surface area contributed by atoms with Gasteiger partial charge in [0, 0.05) is 5.54 Å². The van der Waals surface area contributed by atoms with Gasteiger partial charge in [0.05, 0.1) is 7.85 Å². The van der Waals surface area contributed by atoms with Gasteiger partial charge < -0.3 is 5.73 Å². The molecule has 0 aromatic carbocycles. The van der Waals surface area contributed by atoms with Crippen molar-refractivity contribution in [2.24, 2.45) is 5.73 Å². The fourth-order valence-electron chi connectivity index (χ4n) is 1.08. The lowest BCUT2D eigenvalue weighted by Gasteiger charge is -2.24. The summed E-state index contributed by atoms with van der Waals surface area (Å²) in [5.41, 5.74) is 7.21. The first-order valence-corrected chi connectivity index (χ1v) is 4.90. The zero-order valence-electron chi connectivity index (χ0n) is 7.13. The van der Waals surface area contributed by atoms with Gasteiger partial charge in [0.15, 0.2) is 0 Å². The molecule has 2 unspecified atom stereocenters. The summed E-state index contributed by atoms with van der Waals surface area (Å²) < 4.78 is 0. The van der Waals surface area contributed by atoms with Gasteiger partial charge >= 0.3 is 0 Å². The van der Waals surface area contributed by atoms with Gasteiger partial charge in [-0.15, -0.1) is 11.8 Å². The minimum atomic E-state index is -0.138. The molecule has 1 nitrogen and oxygen atoms in total. The monoisotopic (exact) mass is 167 g/mol. The van der Waals surface area contributed by atoms with Crippen LogP contribution in [0, 0.1) is 0 Å². The van der Waals surface area contributed by atoms with Crippen molar-refractivity contribution in [3.8, 4) is 0 Å². The van der Waals surface area contributed by atoms with Gasteiger partial charge in [0.25, 0.3) is 0 Å². The van der Waals surface area contributed by atoms with E-state index in [9.17, 15) is 0 Å². The lowest BCUT2D eigenvalue weighted by atomic mass is 9.85. The average Bonchev–Trinajstić information content (AvgIpc) is 2.36. The van der Waals surface area contributed by atoms with Crippen LogP contribution >= 0.6 is 11.8 Å². The van der Waals surface area contributed by atoms with E-state index in [1.807, 2.05) is 0 Å². The molecular weight excluding hydrogens is 153 g/mol. The molecule has 0 amide bonds. The first-order valence-electron chi connectivity index (χ1n) is 3.95. The third-order valence-corrected chi connectivity index (χ3v) is 3.21. The fraction of sp³-hybridized carbons (Fsp3) is 0.750. The van der Waals surface area contributed by atoms with E-state index in [0.717, 1.165) is 12.8 Å². The molecule has 2 radical (unpaired) electrons. The molecule has 0 aromatic heterocycles. The van der Waals surface area contributed by atoms with Gasteiger partial charge in [-0.2, -0.15) is 0 Å². The van der Waals surface area contributed by atoms with E-state index in [4.69, 9.17) is 13.6 Å². The Bertz CT molecular complexity index is 177. The second kappa shape index (κ2) is 3.24. The summed E-state index contributed by atoms with van der Waals surface area (Å²) in [6.07, 6.45) is 1.93. The Morgan fingerprint density at radius 3 is 2.91 bits per heavy atom. The Labute approximate surface area is 74.2 Å². The highest BCUT2D eigenvalue weighted by Gasteiger charge is 2.26. The van der Waals surface area contributed by atoms with E-state index >= 15 is 0 Å². The van der Waals surface area contributed by atoms with Crippen LogP contribution in [0.15, 0.2) is 11.0 Å². The van der Waals surface area contributed by atoms with Crippen LogP contribution in [0.5, 0.6) is 0 Å². The Kier molecular flexibility index (Phi) is 2.71. The maximum Gasteiger partial charge on any atom is 0.0855 e. The molecule has 1 aliphatic heterocycles. The van der Waals surface area contributed by atoms with E-state index in [2.05, 4.69) is 19.3 Å². The highest BCUT2D eigenvalue weighted by atomic mass is 32.2. The number of rotatable bonds is 2. The predicted molar refractivity (Wildman–Crippen MR) is 52.7 cm³/mol. The lowest BCUT2D eigenvalue weighted by Crippen LogP contribution is -2.37. The van der Waals surface area contributed by atoms with Crippen molar-refractivity contribution in [1.82, 2.24) is 0 Å². The molecule has 0 spiro atoms. The van der Waals surface area contributed by atoms with Gasteiger partial charge in [0.1, 0.15) is 0 Å². The van der Waals surface area contributed by atoms with E-state index in [-0.39, 0.29) is 10.7 Å². The van der Waals surface area contributed by atoms with Crippen molar-refractivity contribution in [2.75, 3.05) is 0 Å². The largest absolute Gasteiger partial charge is 0.322 e. The summed E-state index contributed by atoms with van der Waals surface area (Å²) in [5.74, 6) is 0. The van der Waals surface area contributed by atoms with Crippen LogP contribution in [-0.2, 0) is 0 Å². The smallest absolute Gasteiger partial charge is 0.0855 e. The number of hydrogen-bond acceptors (Lipinski definition) is 2. The third-order valence-electron chi connectivity index (χ3n) is 2.27. The van der Waals surface area contributed by atoms with Crippen LogP contribution in [0.25, 0.3) is 0 Å². The molecule has 1 aliphatic rings. The first kappa shape index (κ1) is 9.20. The van der Waals surface area contributed by atoms with Crippen LogP contribution in [0.1, 0.15) is 26.7 Å². The molecule has 2 atom stereocenters. The maximum absolute atomic E-state index is 6.05. The van der Waals surface area contributed by atoms with Gasteiger partial charge in [-0.3, -0.25) is 0 Å². The maximum atomic E-state index is 6.05. The molecular formula is C8H14BNS. The van der Waals surface area contributed by atoms with Crippen LogP contribution in [0.4, 0.5) is 0 Å². The van der Waals surface area contributed by atoms with E-state index in [1.165, 1.54) is 5.57 Å². The molecule has 1 heterocycles. The second-order valence-corrected chi connectivity index (χ2v) is 4.41. The van der Waals surface area contributed by atoms with Crippen LogP contribution < -0.4 is 5.73 Å². The third kappa shape index (κ3) is 2.03. The topological polar surface area (TPSA) is 26.0 Å². The number of thioether (sulfide) groups is 1. The summed E-state index contributed by atoms with van der Waals surface area (Å²) in [5, 5.41) is 2.35. The summed E-state index contributed by atoms with van der Waals surface area (Å²) in [6, 6.07) is 0. The number of hydrogen-bond donors (Lipinski definition) is 1. The Morgan fingerprint density at radius 1 is 1.91 bits per heavy atom. The van der Waals surface area contributed by atoms with E-state index in [0.29, 0.717) is 0 Å². The zero-order valence-corrected chi connectivity index (χ0v) is 7.95. The molecule has 0 saturated carbocycles. The van der Waals surface area contributed by atoms with Crippen LogP contribution in [-0.4, -0.2) is 18.5 Å². The Hall–Kier alpha value is 0.115. The molecule has 0 aliphatic carbocycles. The molecule has 3 heteroatoms. The van der Waals surface area contributed by atoms with Crippen molar-refractivity contribution >= 4 is 19.6 Å². The van der Waals surface area contributed by atoms with Crippen molar-refractivity contribution in [3.05, 3.63) is 11.0 Å². The standard InChI is InChI=1S/C8H14BNS/c1-3-8(2,10)6-4-7(9)11-5-6/h5,7H,3-4,10H2,1-2H3.